The van der Waals surface area contributed by atoms with E-state index in [0.29, 0.717) is 18.5 Å². The standard InChI is InChI=1S/C18H29N3O3/c1-18(2,19-7-9-24-10-8-19)12-20-16(22)15-11-13-5-3-4-6-14(13)21(15)17(20)23/h13-15H,3-12H2,1-2H3/t13-,14-,15+/m1/s1. The lowest BCUT2D eigenvalue weighted by atomic mass is 9.84. The van der Waals surface area contributed by atoms with Gasteiger partial charge in [-0.2, -0.15) is 0 Å². The molecule has 4 rings (SSSR count). The summed E-state index contributed by atoms with van der Waals surface area (Å²) in [7, 11) is 0. The molecule has 3 heterocycles. The molecule has 4 fully saturated rings. The van der Waals surface area contributed by atoms with Gasteiger partial charge < -0.3 is 9.64 Å². The third-order valence-corrected chi connectivity index (χ3v) is 6.50. The van der Waals surface area contributed by atoms with Crippen LogP contribution in [0.25, 0.3) is 0 Å². The van der Waals surface area contributed by atoms with Gasteiger partial charge in [0.1, 0.15) is 6.04 Å². The Labute approximate surface area is 144 Å². The van der Waals surface area contributed by atoms with Gasteiger partial charge in [-0.1, -0.05) is 12.8 Å². The monoisotopic (exact) mass is 335 g/mol. The second-order valence-corrected chi connectivity index (χ2v) is 8.39. The number of fused-ring (bicyclic) bond motifs is 3. The Morgan fingerprint density at radius 1 is 1.12 bits per heavy atom. The van der Waals surface area contributed by atoms with Gasteiger partial charge in [0.15, 0.2) is 0 Å². The summed E-state index contributed by atoms with van der Waals surface area (Å²) in [4.78, 5) is 31.7. The first kappa shape index (κ1) is 16.3. The fourth-order valence-electron chi connectivity index (χ4n) is 5.17. The van der Waals surface area contributed by atoms with Crippen molar-refractivity contribution < 1.29 is 14.3 Å². The van der Waals surface area contributed by atoms with Crippen molar-refractivity contribution in [2.75, 3.05) is 32.8 Å². The van der Waals surface area contributed by atoms with Crippen LogP contribution in [0, 0.1) is 5.92 Å². The molecule has 0 unspecified atom stereocenters. The second kappa shape index (κ2) is 5.99. The number of imide groups is 1. The van der Waals surface area contributed by atoms with Crippen molar-refractivity contribution in [2.24, 2.45) is 5.92 Å². The molecular formula is C18H29N3O3. The summed E-state index contributed by atoms with van der Waals surface area (Å²) in [5, 5.41) is 0. The van der Waals surface area contributed by atoms with Crippen LogP contribution >= 0.6 is 0 Å². The van der Waals surface area contributed by atoms with Gasteiger partial charge in [0.25, 0.3) is 5.91 Å². The lowest BCUT2D eigenvalue weighted by Crippen LogP contribution is -2.56. The maximum atomic E-state index is 13.0. The highest BCUT2D eigenvalue weighted by atomic mass is 16.5. The van der Waals surface area contributed by atoms with Gasteiger partial charge in [-0.15, -0.1) is 0 Å². The van der Waals surface area contributed by atoms with Gasteiger partial charge in [-0.25, -0.2) is 4.79 Å². The highest BCUT2D eigenvalue weighted by Gasteiger charge is 2.56. The van der Waals surface area contributed by atoms with Gasteiger partial charge in [0.05, 0.1) is 13.2 Å². The third-order valence-electron chi connectivity index (χ3n) is 6.50. The number of urea groups is 1. The van der Waals surface area contributed by atoms with E-state index in [9.17, 15) is 9.59 Å². The smallest absolute Gasteiger partial charge is 0.327 e. The average molecular weight is 335 g/mol. The Bertz CT molecular complexity index is 530. The van der Waals surface area contributed by atoms with E-state index in [1.807, 2.05) is 4.90 Å². The summed E-state index contributed by atoms with van der Waals surface area (Å²) in [6, 6.07) is 0.0727. The van der Waals surface area contributed by atoms with E-state index in [2.05, 4.69) is 18.7 Å². The minimum Gasteiger partial charge on any atom is -0.379 e. The molecule has 4 aliphatic rings. The number of ether oxygens (including phenoxy) is 1. The first-order valence-corrected chi connectivity index (χ1v) is 9.45. The molecule has 3 amide bonds. The minimum atomic E-state index is -0.208. The lowest BCUT2D eigenvalue weighted by Gasteiger charge is -2.42. The van der Waals surface area contributed by atoms with Crippen LogP contribution in [-0.2, 0) is 9.53 Å². The summed E-state index contributed by atoms with van der Waals surface area (Å²) < 4.78 is 5.43. The molecule has 0 spiro atoms. The maximum Gasteiger partial charge on any atom is 0.327 e. The molecule has 0 bridgehead atoms. The molecule has 0 aromatic rings. The predicted octanol–water partition coefficient (Wildman–Crippen LogP) is 1.69. The number of morpholine rings is 1. The summed E-state index contributed by atoms with van der Waals surface area (Å²) in [6.07, 6.45) is 5.56. The van der Waals surface area contributed by atoms with E-state index in [1.54, 1.807) is 0 Å². The molecule has 3 aliphatic heterocycles. The second-order valence-electron chi connectivity index (χ2n) is 8.39. The summed E-state index contributed by atoms with van der Waals surface area (Å²) in [5.74, 6) is 0.585. The zero-order valence-corrected chi connectivity index (χ0v) is 14.9. The zero-order chi connectivity index (χ0) is 16.9. The fraction of sp³-hybridized carbons (Fsp3) is 0.889. The summed E-state index contributed by atoms with van der Waals surface area (Å²) in [5.41, 5.74) is -0.208. The van der Waals surface area contributed by atoms with Gasteiger partial charge >= 0.3 is 6.03 Å². The molecule has 134 valence electrons. The van der Waals surface area contributed by atoms with Crippen LogP contribution in [0.5, 0.6) is 0 Å². The number of rotatable bonds is 3. The zero-order valence-electron chi connectivity index (χ0n) is 14.9. The van der Waals surface area contributed by atoms with Crippen LogP contribution in [-0.4, -0.2) is 77.1 Å². The number of amides is 3. The molecular weight excluding hydrogens is 306 g/mol. The topological polar surface area (TPSA) is 53.1 Å². The molecule has 0 aromatic heterocycles. The van der Waals surface area contributed by atoms with E-state index < -0.39 is 0 Å². The maximum absolute atomic E-state index is 13.0. The number of hydrogen-bond donors (Lipinski definition) is 0. The van der Waals surface area contributed by atoms with Gasteiger partial charge in [0.2, 0.25) is 0 Å². The van der Waals surface area contributed by atoms with E-state index in [0.717, 1.165) is 39.1 Å². The Hall–Kier alpha value is -1.14. The van der Waals surface area contributed by atoms with Gasteiger partial charge in [-0.3, -0.25) is 14.6 Å². The van der Waals surface area contributed by atoms with Crippen LogP contribution in [0.4, 0.5) is 4.79 Å². The van der Waals surface area contributed by atoms with Gasteiger partial charge in [0, 0.05) is 31.2 Å². The van der Waals surface area contributed by atoms with Crippen molar-refractivity contribution >= 4 is 11.9 Å². The highest BCUT2D eigenvalue weighted by molar-refractivity contribution is 6.05. The predicted molar refractivity (Wildman–Crippen MR) is 89.6 cm³/mol. The van der Waals surface area contributed by atoms with Crippen LogP contribution < -0.4 is 0 Å². The molecule has 3 saturated heterocycles. The highest BCUT2D eigenvalue weighted by Crippen LogP contribution is 2.43. The number of carbonyl (C=O) groups excluding carboxylic acids is 2. The molecule has 24 heavy (non-hydrogen) atoms. The minimum absolute atomic E-state index is 0.0377. The van der Waals surface area contributed by atoms with E-state index in [-0.39, 0.29) is 23.5 Å². The molecule has 1 aliphatic carbocycles. The van der Waals surface area contributed by atoms with Crippen LogP contribution in [0.3, 0.4) is 0 Å². The largest absolute Gasteiger partial charge is 0.379 e. The first-order valence-electron chi connectivity index (χ1n) is 9.45. The molecule has 0 N–H and O–H groups in total. The van der Waals surface area contributed by atoms with Gasteiger partial charge in [-0.05, 0) is 39.0 Å². The van der Waals surface area contributed by atoms with Crippen LogP contribution in [0.15, 0.2) is 0 Å². The molecule has 6 nitrogen and oxygen atoms in total. The number of carbonyl (C=O) groups is 2. The normalized spacial score (nSPS) is 34.7. The molecule has 3 atom stereocenters. The molecule has 6 heteroatoms. The van der Waals surface area contributed by atoms with E-state index in [4.69, 9.17) is 4.74 Å². The average Bonchev–Trinajstić information content (AvgIpc) is 3.07. The summed E-state index contributed by atoms with van der Waals surface area (Å²) in [6.45, 7) is 7.92. The molecule has 1 saturated carbocycles. The number of hydrogen-bond acceptors (Lipinski definition) is 4. The van der Waals surface area contributed by atoms with Crippen molar-refractivity contribution in [3.8, 4) is 0 Å². The molecule has 0 radical (unpaired) electrons. The summed E-state index contributed by atoms with van der Waals surface area (Å²) >= 11 is 0. The number of nitrogens with zero attached hydrogens (tertiary/aromatic N) is 3. The Balaban J connectivity index is 1.49. The van der Waals surface area contributed by atoms with Crippen LogP contribution in [0.1, 0.15) is 46.0 Å². The van der Waals surface area contributed by atoms with Crippen molar-refractivity contribution in [1.29, 1.82) is 0 Å². The van der Waals surface area contributed by atoms with Crippen molar-refractivity contribution in [1.82, 2.24) is 14.7 Å². The first-order chi connectivity index (χ1) is 11.5. The quantitative estimate of drug-likeness (QED) is 0.737. The van der Waals surface area contributed by atoms with Crippen LogP contribution in [0.2, 0.25) is 0 Å². The fourth-order valence-corrected chi connectivity index (χ4v) is 5.17. The lowest BCUT2D eigenvalue weighted by molar-refractivity contribution is -0.129. The Morgan fingerprint density at radius 3 is 2.58 bits per heavy atom. The molecule has 0 aromatic carbocycles. The van der Waals surface area contributed by atoms with E-state index >= 15 is 0 Å². The van der Waals surface area contributed by atoms with Crippen molar-refractivity contribution in [2.45, 2.75) is 63.6 Å². The third kappa shape index (κ3) is 2.54. The Kier molecular flexibility index (Phi) is 4.07. The van der Waals surface area contributed by atoms with E-state index in [1.165, 1.54) is 24.2 Å². The van der Waals surface area contributed by atoms with Crippen molar-refractivity contribution in [3.63, 3.8) is 0 Å². The SMILES string of the molecule is CC(C)(CN1C(=O)[C@@H]2C[C@H]3CCCC[C@H]3N2C1=O)N1CCOCC1. The Morgan fingerprint density at radius 2 is 1.83 bits per heavy atom. The van der Waals surface area contributed by atoms with Crippen molar-refractivity contribution in [3.05, 3.63) is 0 Å².